The summed E-state index contributed by atoms with van der Waals surface area (Å²) in [5.74, 6) is 0. The lowest BCUT2D eigenvalue weighted by atomic mass is 10.1. The SMILES string of the molecule is C=CCOP1(=O)OCCC(C)(C)O1. The highest BCUT2D eigenvalue weighted by Gasteiger charge is 2.39. The maximum atomic E-state index is 11.7. The van der Waals surface area contributed by atoms with Gasteiger partial charge in [-0.25, -0.2) is 4.57 Å². The number of phosphoric acid groups is 1. The van der Waals surface area contributed by atoms with Crippen LogP contribution in [0, 0.1) is 0 Å². The number of phosphoric ester groups is 1. The average molecular weight is 206 g/mol. The third kappa shape index (κ3) is 3.24. The molecule has 0 saturated carbocycles. The minimum Gasteiger partial charge on any atom is -0.287 e. The standard InChI is InChI=1S/C8H15O4P/c1-4-6-10-13(9)11-7-5-8(2,3)12-13/h4H,1,5-7H2,2-3H3. The molecule has 1 rings (SSSR count). The highest BCUT2D eigenvalue weighted by molar-refractivity contribution is 7.48. The van der Waals surface area contributed by atoms with Crippen molar-refractivity contribution in [3.05, 3.63) is 12.7 Å². The zero-order chi connectivity index (χ0) is 9.95. The molecule has 5 heteroatoms. The van der Waals surface area contributed by atoms with Crippen molar-refractivity contribution in [2.45, 2.75) is 25.9 Å². The Morgan fingerprint density at radius 3 is 2.92 bits per heavy atom. The Morgan fingerprint density at radius 2 is 2.38 bits per heavy atom. The van der Waals surface area contributed by atoms with Crippen LogP contribution < -0.4 is 0 Å². The van der Waals surface area contributed by atoms with Gasteiger partial charge in [-0.05, 0) is 13.8 Å². The molecule has 1 atom stereocenters. The molecule has 1 unspecified atom stereocenters. The van der Waals surface area contributed by atoms with Crippen LogP contribution in [0.5, 0.6) is 0 Å². The van der Waals surface area contributed by atoms with Crippen LogP contribution in [0.2, 0.25) is 0 Å². The van der Waals surface area contributed by atoms with E-state index in [1.165, 1.54) is 6.08 Å². The van der Waals surface area contributed by atoms with E-state index in [1.807, 2.05) is 13.8 Å². The molecule has 0 radical (unpaired) electrons. The summed E-state index contributed by atoms with van der Waals surface area (Å²) >= 11 is 0. The summed E-state index contributed by atoms with van der Waals surface area (Å²) in [4.78, 5) is 0. The fraction of sp³-hybridized carbons (Fsp3) is 0.750. The van der Waals surface area contributed by atoms with E-state index >= 15 is 0 Å². The molecule has 1 fully saturated rings. The van der Waals surface area contributed by atoms with E-state index < -0.39 is 13.4 Å². The van der Waals surface area contributed by atoms with Crippen LogP contribution >= 0.6 is 7.82 Å². The van der Waals surface area contributed by atoms with Crippen LogP contribution in [0.3, 0.4) is 0 Å². The Balaban J connectivity index is 2.58. The third-order valence-corrected chi connectivity index (χ3v) is 3.34. The van der Waals surface area contributed by atoms with Gasteiger partial charge in [0.1, 0.15) is 0 Å². The predicted molar refractivity (Wildman–Crippen MR) is 49.5 cm³/mol. The van der Waals surface area contributed by atoms with Crippen LogP contribution in [0.15, 0.2) is 12.7 Å². The molecular weight excluding hydrogens is 191 g/mol. The molecular formula is C8H15O4P. The van der Waals surface area contributed by atoms with Gasteiger partial charge in [0, 0.05) is 6.42 Å². The van der Waals surface area contributed by atoms with Gasteiger partial charge in [0.15, 0.2) is 0 Å². The molecule has 1 aliphatic rings. The summed E-state index contributed by atoms with van der Waals surface area (Å²) in [6.07, 6.45) is 2.22. The fourth-order valence-electron chi connectivity index (χ4n) is 0.986. The van der Waals surface area contributed by atoms with Crippen molar-refractivity contribution in [3.8, 4) is 0 Å². The van der Waals surface area contributed by atoms with Crippen LogP contribution in [-0.2, 0) is 18.1 Å². The Kier molecular flexibility index (Phi) is 3.30. The van der Waals surface area contributed by atoms with E-state index in [2.05, 4.69) is 6.58 Å². The second-order valence-corrected chi connectivity index (χ2v) is 5.06. The number of hydrogen-bond donors (Lipinski definition) is 0. The minimum absolute atomic E-state index is 0.174. The zero-order valence-corrected chi connectivity index (χ0v) is 8.88. The van der Waals surface area contributed by atoms with Gasteiger partial charge in [-0.15, -0.1) is 6.58 Å². The van der Waals surface area contributed by atoms with Crippen molar-refractivity contribution in [1.29, 1.82) is 0 Å². The lowest BCUT2D eigenvalue weighted by Gasteiger charge is -2.33. The molecule has 1 heterocycles. The van der Waals surface area contributed by atoms with Gasteiger partial charge < -0.3 is 0 Å². The zero-order valence-electron chi connectivity index (χ0n) is 7.99. The first kappa shape index (κ1) is 10.9. The molecule has 0 aromatic carbocycles. The molecule has 1 aliphatic heterocycles. The van der Waals surface area contributed by atoms with Crippen LogP contribution in [-0.4, -0.2) is 18.8 Å². The quantitative estimate of drug-likeness (QED) is 0.525. The van der Waals surface area contributed by atoms with Crippen LogP contribution in [0.25, 0.3) is 0 Å². The topological polar surface area (TPSA) is 44.8 Å². The second kappa shape index (κ2) is 3.93. The molecule has 0 spiro atoms. The van der Waals surface area contributed by atoms with Gasteiger partial charge in [-0.1, -0.05) is 6.08 Å². The molecule has 0 amide bonds. The molecule has 0 N–H and O–H groups in total. The Bertz CT molecular complexity index is 236. The van der Waals surface area contributed by atoms with Gasteiger partial charge in [0.25, 0.3) is 0 Å². The molecule has 4 nitrogen and oxygen atoms in total. The Labute approximate surface area is 78.5 Å². The molecule has 0 aromatic rings. The fourth-order valence-corrected chi connectivity index (χ4v) is 2.46. The van der Waals surface area contributed by atoms with Crippen molar-refractivity contribution >= 4 is 7.82 Å². The molecule has 0 aliphatic carbocycles. The van der Waals surface area contributed by atoms with Crippen molar-refractivity contribution in [2.75, 3.05) is 13.2 Å². The highest BCUT2D eigenvalue weighted by atomic mass is 31.2. The summed E-state index contributed by atoms with van der Waals surface area (Å²) in [6, 6.07) is 0. The maximum Gasteiger partial charge on any atom is 0.475 e. The van der Waals surface area contributed by atoms with Gasteiger partial charge in [0.05, 0.1) is 18.8 Å². The van der Waals surface area contributed by atoms with E-state index in [4.69, 9.17) is 13.6 Å². The maximum absolute atomic E-state index is 11.7. The lowest BCUT2D eigenvalue weighted by molar-refractivity contribution is -0.0162. The summed E-state index contributed by atoms with van der Waals surface area (Å²) in [5.41, 5.74) is -0.436. The smallest absolute Gasteiger partial charge is 0.287 e. The van der Waals surface area contributed by atoms with Gasteiger partial charge >= 0.3 is 7.82 Å². The van der Waals surface area contributed by atoms with E-state index in [1.54, 1.807) is 0 Å². The van der Waals surface area contributed by atoms with E-state index in [9.17, 15) is 4.57 Å². The molecule has 76 valence electrons. The van der Waals surface area contributed by atoms with Crippen molar-refractivity contribution in [1.82, 2.24) is 0 Å². The monoisotopic (exact) mass is 206 g/mol. The first-order chi connectivity index (χ1) is 5.97. The van der Waals surface area contributed by atoms with Crippen molar-refractivity contribution in [3.63, 3.8) is 0 Å². The Hall–Kier alpha value is -0.150. The van der Waals surface area contributed by atoms with Crippen molar-refractivity contribution in [2.24, 2.45) is 0 Å². The lowest BCUT2D eigenvalue weighted by Crippen LogP contribution is -2.30. The highest BCUT2D eigenvalue weighted by Crippen LogP contribution is 2.56. The molecule has 13 heavy (non-hydrogen) atoms. The van der Waals surface area contributed by atoms with Crippen LogP contribution in [0.4, 0.5) is 0 Å². The van der Waals surface area contributed by atoms with Crippen molar-refractivity contribution < 1.29 is 18.1 Å². The normalized spacial score (nSPS) is 32.8. The summed E-state index contributed by atoms with van der Waals surface area (Å²) < 4.78 is 26.8. The number of hydrogen-bond acceptors (Lipinski definition) is 4. The summed E-state index contributed by atoms with van der Waals surface area (Å²) in [6.45, 7) is 7.75. The molecule has 0 aromatic heterocycles. The van der Waals surface area contributed by atoms with E-state index in [0.717, 1.165) is 0 Å². The van der Waals surface area contributed by atoms with E-state index in [0.29, 0.717) is 13.0 Å². The molecule has 0 bridgehead atoms. The molecule has 1 saturated heterocycles. The van der Waals surface area contributed by atoms with Gasteiger partial charge in [0.2, 0.25) is 0 Å². The average Bonchev–Trinajstić information content (AvgIpc) is 1.98. The largest absolute Gasteiger partial charge is 0.475 e. The third-order valence-electron chi connectivity index (χ3n) is 1.66. The minimum atomic E-state index is -3.32. The first-order valence-corrected chi connectivity index (χ1v) is 5.64. The van der Waals surface area contributed by atoms with E-state index in [-0.39, 0.29) is 6.61 Å². The van der Waals surface area contributed by atoms with Gasteiger partial charge in [-0.2, -0.15) is 0 Å². The Morgan fingerprint density at radius 1 is 1.69 bits per heavy atom. The van der Waals surface area contributed by atoms with Gasteiger partial charge in [-0.3, -0.25) is 13.6 Å². The predicted octanol–water partition coefficient (Wildman–Crippen LogP) is 2.51. The van der Waals surface area contributed by atoms with Crippen LogP contribution in [0.1, 0.15) is 20.3 Å². The first-order valence-electron chi connectivity index (χ1n) is 4.18. The second-order valence-electron chi connectivity index (χ2n) is 3.47. The number of rotatable bonds is 3. The summed E-state index contributed by atoms with van der Waals surface area (Å²) in [5, 5.41) is 0. The summed E-state index contributed by atoms with van der Waals surface area (Å²) in [7, 11) is -3.32.